The molecule has 5 nitrogen and oxygen atoms in total. The highest BCUT2D eigenvalue weighted by Gasteiger charge is 2.40. The van der Waals surface area contributed by atoms with E-state index < -0.39 is 5.54 Å². The molecule has 2 heterocycles. The fraction of sp³-hybridized carbons (Fsp3) is 0.556. The third kappa shape index (κ3) is 1.34. The molecule has 1 fully saturated rings. The number of carbonyl (C=O) groups excluding carboxylic acids is 1. The molecule has 1 aliphatic rings. The molecule has 2 rings (SSSR count). The van der Waals surface area contributed by atoms with Gasteiger partial charge in [-0.3, -0.25) is 4.79 Å². The number of hydrogen-bond acceptors (Lipinski definition) is 4. The van der Waals surface area contributed by atoms with Crippen LogP contribution in [-0.4, -0.2) is 34.1 Å². The van der Waals surface area contributed by atoms with E-state index in [0.29, 0.717) is 25.5 Å². The predicted octanol–water partition coefficient (Wildman–Crippen LogP) is -0.279. The largest absolute Gasteiger partial charge is 0.379 e. The highest BCUT2D eigenvalue weighted by atomic mass is 16.5. The minimum Gasteiger partial charge on any atom is -0.379 e. The van der Waals surface area contributed by atoms with Gasteiger partial charge in [0.25, 0.3) is 0 Å². The summed E-state index contributed by atoms with van der Waals surface area (Å²) < 4.78 is 6.81. The zero-order valence-electron chi connectivity index (χ0n) is 8.06. The number of rotatable bonds is 2. The minimum atomic E-state index is -0.876. The van der Waals surface area contributed by atoms with Gasteiger partial charge in [0, 0.05) is 26.0 Å². The van der Waals surface area contributed by atoms with E-state index in [1.807, 2.05) is 0 Å². The maximum Gasteiger partial charge on any atom is 0.220 e. The van der Waals surface area contributed by atoms with Gasteiger partial charge in [-0.05, 0) is 6.42 Å². The third-order valence-electron chi connectivity index (χ3n) is 2.53. The quantitative estimate of drug-likeness (QED) is 0.659. The van der Waals surface area contributed by atoms with Crippen LogP contribution in [0.4, 0.5) is 0 Å². The Labute approximate surface area is 81.9 Å². The summed E-state index contributed by atoms with van der Waals surface area (Å²) in [5, 5.41) is 0. The Morgan fingerprint density at radius 2 is 2.57 bits per heavy atom. The summed E-state index contributed by atoms with van der Waals surface area (Å²) in [5.41, 5.74) is 5.06. The van der Waals surface area contributed by atoms with Crippen LogP contribution in [0.15, 0.2) is 12.4 Å². The second kappa shape index (κ2) is 3.18. The van der Waals surface area contributed by atoms with E-state index in [9.17, 15) is 4.79 Å². The molecule has 1 aromatic heterocycles. The smallest absolute Gasteiger partial charge is 0.220 e. The van der Waals surface area contributed by atoms with Crippen LogP contribution in [-0.2, 0) is 11.8 Å². The van der Waals surface area contributed by atoms with Crippen molar-refractivity contribution in [2.45, 2.75) is 12.0 Å². The van der Waals surface area contributed by atoms with Crippen molar-refractivity contribution >= 4 is 5.78 Å². The number of ketones is 1. The van der Waals surface area contributed by atoms with Crippen LogP contribution >= 0.6 is 0 Å². The lowest BCUT2D eigenvalue weighted by Gasteiger charge is -2.18. The SMILES string of the molecule is Cn1ccnc1C(=O)C1(N)CCOC1. The summed E-state index contributed by atoms with van der Waals surface area (Å²) in [7, 11) is 1.78. The van der Waals surface area contributed by atoms with Crippen molar-refractivity contribution in [3.05, 3.63) is 18.2 Å². The molecule has 1 aromatic rings. The molecule has 0 radical (unpaired) electrons. The zero-order valence-corrected chi connectivity index (χ0v) is 8.06. The van der Waals surface area contributed by atoms with E-state index in [-0.39, 0.29) is 5.78 Å². The van der Waals surface area contributed by atoms with Crippen molar-refractivity contribution in [3.8, 4) is 0 Å². The van der Waals surface area contributed by atoms with Crippen molar-refractivity contribution in [2.24, 2.45) is 12.8 Å². The van der Waals surface area contributed by atoms with E-state index in [2.05, 4.69) is 4.98 Å². The number of Topliss-reactive ketones (excluding diaryl/α,β-unsaturated/α-hetero) is 1. The van der Waals surface area contributed by atoms with Crippen molar-refractivity contribution < 1.29 is 9.53 Å². The number of ether oxygens (including phenoxy) is 1. The Morgan fingerprint density at radius 1 is 1.79 bits per heavy atom. The second-order valence-electron chi connectivity index (χ2n) is 3.65. The number of aryl methyl sites for hydroxylation is 1. The zero-order chi connectivity index (χ0) is 10.2. The van der Waals surface area contributed by atoms with Crippen LogP contribution in [0, 0.1) is 0 Å². The monoisotopic (exact) mass is 195 g/mol. The van der Waals surface area contributed by atoms with Crippen LogP contribution in [0.1, 0.15) is 17.0 Å². The molecule has 0 amide bonds. The molecule has 0 saturated carbocycles. The van der Waals surface area contributed by atoms with Gasteiger partial charge in [-0.15, -0.1) is 0 Å². The maximum absolute atomic E-state index is 12.0. The Balaban J connectivity index is 2.28. The first kappa shape index (κ1) is 9.36. The van der Waals surface area contributed by atoms with Gasteiger partial charge in [-0.1, -0.05) is 0 Å². The lowest BCUT2D eigenvalue weighted by Crippen LogP contribution is -2.49. The molecule has 0 aromatic carbocycles. The van der Waals surface area contributed by atoms with Crippen LogP contribution in [0.3, 0.4) is 0 Å². The first-order valence-corrected chi connectivity index (χ1v) is 4.52. The van der Waals surface area contributed by atoms with Crippen molar-refractivity contribution in [2.75, 3.05) is 13.2 Å². The van der Waals surface area contributed by atoms with Gasteiger partial charge in [0.2, 0.25) is 5.78 Å². The molecule has 76 valence electrons. The highest BCUT2D eigenvalue weighted by Crippen LogP contribution is 2.19. The van der Waals surface area contributed by atoms with Crippen molar-refractivity contribution in [1.82, 2.24) is 9.55 Å². The van der Waals surface area contributed by atoms with Gasteiger partial charge in [-0.25, -0.2) is 4.98 Å². The Bertz CT molecular complexity index is 353. The maximum atomic E-state index is 12.0. The summed E-state index contributed by atoms with van der Waals surface area (Å²) >= 11 is 0. The van der Waals surface area contributed by atoms with Gasteiger partial charge >= 0.3 is 0 Å². The number of carbonyl (C=O) groups is 1. The van der Waals surface area contributed by atoms with Gasteiger partial charge in [0.15, 0.2) is 5.82 Å². The molecular formula is C9H13N3O2. The van der Waals surface area contributed by atoms with Gasteiger partial charge in [0.1, 0.15) is 5.54 Å². The Hall–Kier alpha value is -1.20. The molecule has 1 atom stereocenters. The molecule has 0 aliphatic carbocycles. The number of imidazole rings is 1. The number of hydrogen-bond donors (Lipinski definition) is 1. The van der Waals surface area contributed by atoms with Crippen LogP contribution < -0.4 is 5.73 Å². The molecule has 1 aliphatic heterocycles. The Kier molecular flexibility index (Phi) is 2.13. The van der Waals surface area contributed by atoms with E-state index in [4.69, 9.17) is 10.5 Å². The summed E-state index contributed by atoms with van der Waals surface area (Å²) in [6, 6.07) is 0. The van der Waals surface area contributed by atoms with Gasteiger partial charge in [0.05, 0.1) is 6.61 Å². The number of nitrogens with zero attached hydrogens (tertiary/aromatic N) is 2. The fourth-order valence-electron chi connectivity index (χ4n) is 1.57. The molecule has 1 saturated heterocycles. The first-order valence-electron chi connectivity index (χ1n) is 4.52. The topological polar surface area (TPSA) is 70.1 Å². The summed E-state index contributed by atoms with van der Waals surface area (Å²) in [6.45, 7) is 0.839. The number of nitrogens with two attached hydrogens (primary N) is 1. The second-order valence-corrected chi connectivity index (χ2v) is 3.65. The van der Waals surface area contributed by atoms with Crippen LogP contribution in [0.5, 0.6) is 0 Å². The average Bonchev–Trinajstić information content (AvgIpc) is 2.74. The lowest BCUT2D eigenvalue weighted by molar-refractivity contribution is 0.0849. The Morgan fingerprint density at radius 3 is 3.07 bits per heavy atom. The van der Waals surface area contributed by atoms with Crippen LogP contribution in [0.2, 0.25) is 0 Å². The molecule has 2 N–H and O–H groups in total. The molecule has 1 unspecified atom stereocenters. The standard InChI is InChI=1S/C9H13N3O2/c1-12-4-3-11-8(12)7(13)9(10)2-5-14-6-9/h3-4H,2,5-6,10H2,1H3. The van der Waals surface area contributed by atoms with E-state index in [1.54, 1.807) is 24.0 Å². The third-order valence-corrected chi connectivity index (χ3v) is 2.53. The van der Waals surface area contributed by atoms with Crippen molar-refractivity contribution in [3.63, 3.8) is 0 Å². The number of aromatic nitrogens is 2. The highest BCUT2D eigenvalue weighted by molar-refractivity contribution is 6.00. The molecule has 5 heteroatoms. The van der Waals surface area contributed by atoms with E-state index in [0.717, 1.165) is 0 Å². The molecule has 0 spiro atoms. The predicted molar refractivity (Wildman–Crippen MR) is 49.9 cm³/mol. The van der Waals surface area contributed by atoms with E-state index >= 15 is 0 Å². The average molecular weight is 195 g/mol. The first-order chi connectivity index (χ1) is 6.63. The summed E-state index contributed by atoms with van der Waals surface area (Å²) in [4.78, 5) is 15.9. The minimum absolute atomic E-state index is 0.137. The van der Waals surface area contributed by atoms with E-state index in [1.165, 1.54) is 0 Å². The summed E-state index contributed by atoms with van der Waals surface area (Å²) in [6.07, 6.45) is 3.89. The molecule has 14 heavy (non-hydrogen) atoms. The van der Waals surface area contributed by atoms with Gasteiger partial charge < -0.3 is 15.0 Å². The van der Waals surface area contributed by atoms with Crippen LogP contribution in [0.25, 0.3) is 0 Å². The lowest BCUT2D eigenvalue weighted by atomic mass is 9.94. The molecule has 0 bridgehead atoms. The molecular weight excluding hydrogens is 182 g/mol. The normalized spacial score (nSPS) is 26.7. The van der Waals surface area contributed by atoms with Crippen molar-refractivity contribution in [1.29, 1.82) is 0 Å². The fourth-order valence-corrected chi connectivity index (χ4v) is 1.57. The van der Waals surface area contributed by atoms with Gasteiger partial charge in [-0.2, -0.15) is 0 Å². The summed E-state index contributed by atoms with van der Waals surface area (Å²) in [5.74, 6) is 0.264.